The lowest BCUT2D eigenvalue weighted by Gasteiger charge is -2.25. The first-order chi connectivity index (χ1) is 8.77. The number of nitrogens with two attached hydrogens (primary N) is 1. The summed E-state index contributed by atoms with van der Waals surface area (Å²) in [5, 5.41) is 0.577. The van der Waals surface area contributed by atoms with E-state index in [2.05, 4.69) is 21.7 Å². The molecular weight excluding hydrogens is 246 g/mol. The van der Waals surface area contributed by atoms with Gasteiger partial charge in [-0.25, -0.2) is 4.98 Å². The number of nitrogen functional groups attached to an aromatic ring is 1. The van der Waals surface area contributed by atoms with Crippen molar-refractivity contribution >= 4 is 17.4 Å². The van der Waals surface area contributed by atoms with E-state index in [9.17, 15) is 0 Å². The predicted molar refractivity (Wildman–Crippen MR) is 75.4 cm³/mol. The summed E-state index contributed by atoms with van der Waals surface area (Å²) in [6.07, 6.45) is 6.44. The van der Waals surface area contributed by atoms with Crippen molar-refractivity contribution in [1.29, 1.82) is 0 Å². The largest absolute Gasteiger partial charge is 0.383 e. The minimum absolute atomic E-state index is 0.410. The number of nitrogens with zero attached hydrogens (tertiary/aromatic N) is 2. The number of anilines is 1. The molecule has 0 amide bonds. The van der Waals surface area contributed by atoms with Crippen LogP contribution < -0.4 is 5.73 Å². The van der Waals surface area contributed by atoms with Gasteiger partial charge in [-0.05, 0) is 32.0 Å². The van der Waals surface area contributed by atoms with Gasteiger partial charge >= 0.3 is 0 Å². The number of likely N-dealkylation sites (tertiary alicyclic amines) is 1. The summed E-state index contributed by atoms with van der Waals surface area (Å²) in [6, 6.07) is 1.71. The first-order valence-corrected chi connectivity index (χ1v) is 6.76. The number of rotatable bonds is 2. The van der Waals surface area contributed by atoms with Crippen LogP contribution in [0.3, 0.4) is 0 Å². The monoisotopic (exact) mass is 263 g/mol. The van der Waals surface area contributed by atoms with E-state index in [0.29, 0.717) is 16.4 Å². The number of piperidine rings is 1. The van der Waals surface area contributed by atoms with Crippen molar-refractivity contribution < 1.29 is 0 Å². The zero-order valence-electron chi connectivity index (χ0n) is 10.5. The molecule has 3 nitrogen and oxygen atoms in total. The van der Waals surface area contributed by atoms with Gasteiger partial charge in [0.1, 0.15) is 5.82 Å². The molecular formula is C14H18ClN3. The molecule has 0 atom stereocenters. The maximum absolute atomic E-state index is 6.02. The van der Waals surface area contributed by atoms with Crippen molar-refractivity contribution in [3.05, 3.63) is 22.8 Å². The van der Waals surface area contributed by atoms with Crippen LogP contribution in [0.2, 0.25) is 5.02 Å². The van der Waals surface area contributed by atoms with Gasteiger partial charge < -0.3 is 10.6 Å². The van der Waals surface area contributed by atoms with E-state index in [1.54, 1.807) is 12.3 Å². The topological polar surface area (TPSA) is 42.1 Å². The third-order valence-corrected chi connectivity index (χ3v) is 3.46. The van der Waals surface area contributed by atoms with E-state index < -0.39 is 0 Å². The lowest BCUT2D eigenvalue weighted by atomic mass is 10.1. The molecule has 96 valence electrons. The van der Waals surface area contributed by atoms with Gasteiger partial charge in [-0.2, -0.15) is 0 Å². The number of aromatic nitrogens is 1. The standard InChI is InChI=1S/C14H18ClN3/c15-13-7-8-17-14(16)12(13)6-2-5-11-18-9-3-1-4-10-18/h7-8H,1,3-5,9-11H2,(H2,16,17). The molecule has 0 bridgehead atoms. The normalized spacial score (nSPS) is 16.1. The molecule has 1 aliphatic heterocycles. The van der Waals surface area contributed by atoms with Crippen molar-refractivity contribution in [1.82, 2.24) is 9.88 Å². The van der Waals surface area contributed by atoms with Gasteiger partial charge in [-0.1, -0.05) is 29.9 Å². The SMILES string of the molecule is Nc1nccc(Cl)c1C#CCCN1CCCCC1. The molecule has 1 fully saturated rings. The smallest absolute Gasteiger partial charge is 0.140 e. The second-order valence-electron chi connectivity index (χ2n) is 4.51. The average molecular weight is 264 g/mol. The molecule has 2 heterocycles. The lowest BCUT2D eigenvalue weighted by molar-refractivity contribution is 0.234. The van der Waals surface area contributed by atoms with Gasteiger partial charge in [0.05, 0.1) is 10.6 Å². The van der Waals surface area contributed by atoms with Crippen LogP contribution in [-0.2, 0) is 0 Å². The van der Waals surface area contributed by atoms with Gasteiger partial charge in [-0.15, -0.1) is 0 Å². The highest BCUT2D eigenvalue weighted by Gasteiger charge is 2.08. The zero-order chi connectivity index (χ0) is 12.8. The van der Waals surface area contributed by atoms with E-state index in [1.165, 1.54) is 32.4 Å². The molecule has 2 N–H and O–H groups in total. The third kappa shape index (κ3) is 3.63. The molecule has 1 saturated heterocycles. The zero-order valence-corrected chi connectivity index (χ0v) is 11.2. The third-order valence-electron chi connectivity index (χ3n) is 3.14. The fourth-order valence-corrected chi connectivity index (χ4v) is 2.33. The fourth-order valence-electron chi connectivity index (χ4n) is 2.12. The molecule has 0 aromatic carbocycles. The molecule has 0 aliphatic carbocycles. The first-order valence-electron chi connectivity index (χ1n) is 6.38. The molecule has 1 aromatic rings. The molecule has 18 heavy (non-hydrogen) atoms. The van der Waals surface area contributed by atoms with Gasteiger partial charge in [0.25, 0.3) is 0 Å². The molecule has 2 rings (SSSR count). The van der Waals surface area contributed by atoms with Gasteiger partial charge in [0.15, 0.2) is 0 Å². The van der Waals surface area contributed by atoms with Gasteiger partial charge in [0, 0.05) is 19.2 Å². The predicted octanol–water partition coefficient (Wildman–Crippen LogP) is 2.54. The van der Waals surface area contributed by atoms with Crippen molar-refractivity contribution in [3.8, 4) is 11.8 Å². The van der Waals surface area contributed by atoms with E-state index in [-0.39, 0.29) is 0 Å². The van der Waals surface area contributed by atoms with Gasteiger partial charge in [-0.3, -0.25) is 0 Å². The second-order valence-corrected chi connectivity index (χ2v) is 4.91. The van der Waals surface area contributed by atoms with Crippen molar-refractivity contribution in [2.45, 2.75) is 25.7 Å². The average Bonchev–Trinajstić information content (AvgIpc) is 2.38. The Morgan fingerprint density at radius 3 is 2.83 bits per heavy atom. The summed E-state index contributed by atoms with van der Waals surface area (Å²) >= 11 is 6.02. The molecule has 0 spiro atoms. The molecule has 1 aromatic heterocycles. The highest BCUT2D eigenvalue weighted by Crippen LogP contribution is 2.18. The highest BCUT2D eigenvalue weighted by molar-refractivity contribution is 6.32. The van der Waals surface area contributed by atoms with E-state index >= 15 is 0 Å². The molecule has 0 radical (unpaired) electrons. The molecule has 0 unspecified atom stereocenters. The van der Waals surface area contributed by atoms with Crippen molar-refractivity contribution in [2.24, 2.45) is 0 Å². The number of halogens is 1. The van der Waals surface area contributed by atoms with Crippen LogP contribution >= 0.6 is 11.6 Å². The van der Waals surface area contributed by atoms with Crippen LogP contribution in [0.1, 0.15) is 31.2 Å². The van der Waals surface area contributed by atoms with E-state index in [4.69, 9.17) is 17.3 Å². The second kappa shape index (κ2) is 6.63. The summed E-state index contributed by atoms with van der Waals surface area (Å²) in [5.41, 5.74) is 6.39. The first kappa shape index (κ1) is 13.2. The van der Waals surface area contributed by atoms with Crippen molar-refractivity contribution in [3.63, 3.8) is 0 Å². The Morgan fingerprint density at radius 2 is 2.11 bits per heavy atom. The molecule has 1 aliphatic rings. The van der Waals surface area contributed by atoms with Crippen molar-refractivity contribution in [2.75, 3.05) is 25.4 Å². The Hall–Kier alpha value is -1.24. The number of hydrogen-bond donors (Lipinski definition) is 1. The maximum atomic E-state index is 6.02. The Bertz CT molecular complexity index is 436. The Morgan fingerprint density at radius 1 is 1.33 bits per heavy atom. The van der Waals surface area contributed by atoms with E-state index in [1.807, 2.05) is 0 Å². The van der Waals surface area contributed by atoms with Crippen LogP contribution in [0.4, 0.5) is 5.82 Å². The quantitative estimate of drug-likeness (QED) is 0.834. The number of hydrogen-bond acceptors (Lipinski definition) is 3. The summed E-state index contributed by atoms with van der Waals surface area (Å²) in [7, 11) is 0. The summed E-state index contributed by atoms with van der Waals surface area (Å²) in [4.78, 5) is 6.45. The Kier molecular flexibility index (Phi) is 4.86. The summed E-state index contributed by atoms with van der Waals surface area (Å²) in [5.74, 6) is 6.57. The van der Waals surface area contributed by atoms with Crippen LogP contribution in [0, 0.1) is 11.8 Å². The maximum Gasteiger partial charge on any atom is 0.140 e. The lowest BCUT2D eigenvalue weighted by Crippen LogP contribution is -2.30. The van der Waals surface area contributed by atoms with Crippen LogP contribution in [-0.4, -0.2) is 29.5 Å². The summed E-state index contributed by atoms with van der Waals surface area (Å²) < 4.78 is 0. The molecule has 0 saturated carbocycles. The van der Waals surface area contributed by atoms with Crippen LogP contribution in [0.15, 0.2) is 12.3 Å². The van der Waals surface area contributed by atoms with Crippen LogP contribution in [0.5, 0.6) is 0 Å². The Labute approximate surface area is 113 Å². The molecule has 4 heteroatoms. The minimum atomic E-state index is 0.410. The highest BCUT2D eigenvalue weighted by atomic mass is 35.5. The minimum Gasteiger partial charge on any atom is -0.383 e. The van der Waals surface area contributed by atoms with Gasteiger partial charge in [0.2, 0.25) is 0 Å². The summed E-state index contributed by atoms with van der Waals surface area (Å²) in [6.45, 7) is 3.44. The Balaban J connectivity index is 1.88. The fraction of sp³-hybridized carbons (Fsp3) is 0.500. The van der Waals surface area contributed by atoms with Crippen LogP contribution in [0.25, 0.3) is 0 Å². The van der Waals surface area contributed by atoms with E-state index in [0.717, 1.165) is 13.0 Å². The number of pyridine rings is 1.